The van der Waals surface area contributed by atoms with E-state index in [2.05, 4.69) is 15.6 Å². The highest BCUT2D eigenvalue weighted by atomic mass is 16.5. The van der Waals surface area contributed by atoms with Crippen molar-refractivity contribution in [1.29, 1.82) is 0 Å². The van der Waals surface area contributed by atoms with E-state index >= 15 is 0 Å². The molecule has 7 heteroatoms. The summed E-state index contributed by atoms with van der Waals surface area (Å²) in [5, 5.41) is 5.86. The average molecular weight is 331 g/mol. The molecule has 24 heavy (non-hydrogen) atoms. The van der Waals surface area contributed by atoms with Gasteiger partial charge in [-0.1, -0.05) is 6.07 Å². The number of carbonyl (C=O) groups is 1. The predicted octanol–water partition coefficient (Wildman–Crippen LogP) is 1.84. The molecular weight excluding hydrogens is 310 g/mol. The molecule has 0 spiro atoms. The second-order valence-electron chi connectivity index (χ2n) is 4.93. The lowest BCUT2D eigenvalue weighted by molar-refractivity contribution is -0.115. The van der Waals surface area contributed by atoms with Gasteiger partial charge >= 0.3 is 0 Å². The number of hydrogen-bond acceptors (Lipinski definition) is 6. The second kappa shape index (κ2) is 8.73. The molecule has 0 radical (unpaired) electrons. The number of nitrogens with one attached hydrogen (secondary N) is 2. The predicted molar refractivity (Wildman–Crippen MR) is 90.7 cm³/mol. The van der Waals surface area contributed by atoms with E-state index in [1.165, 1.54) is 21.3 Å². The number of nitrogens with zero attached hydrogens (tertiary/aromatic N) is 1. The van der Waals surface area contributed by atoms with Crippen LogP contribution in [0.1, 0.15) is 5.56 Å². The number of carbonyl (C=O) groups excluding carboxylic acids is 1. The Hall–Kier alpha value is -2.80. The van der Waals surface area contributed by atoms with Gasteiger partial charge in [-0.2, -0.15) is 0 Å². The summed E-state index contributed by atoms with van der Waals surface area (Å²) in [6, 6.07) is 7.16. The first-order valence-corrected chi connectivity index (χ1v) is 7.37. The minimum absolute atomic E-state index is 0.172. The van der Waals surface area contributed by atoms with Crippen molar-refractivity contribution in [3.8, 4) is 17.2 Å². The molecule has 0 saturated heterocycles. The van der Waals surface area contributed by atoms with Crippen molar-refractivity contribution in [3.05, 3.63) is 42.2 Å². The van der Waals surface area contributed by atoms with E-state index in [1.807, 2.05) is 12.1 Å². The second-order valence-corrected chi connectivity index (χ2v) is 4.93. The molecule has 0 atom stereocenters. The van der Waals surface area contributed by atoms with Gasteiger partial charge in [0.2, 0.25) is 11.7 Å². The number of ether oxygens (including phenoxy) is 3. The van der Waals surface area contributed by atoms with Gasteiger partial charge in [0.15, 0.2) is 11.5 Å². The van der Waals surface area contributed by atoms with E-state index in [9.17, 15) is 4.79 Å². The van der Waals surface area contributed by atoms with Gasteiger partial charge in [-0.05, 0) is 11.6 Å². The lowest BCUT2D eigenvalue weighted by Crippen LogP contribution is -2.27. The maximum absolute atomic E-state index is 12.1. The van der Waals surface area contributed by atoms with Crippen LogP contribution >= 0.6 is 0 Å². The van der Waals surface area contributed by atoms with Gasteiger partial charge in [-0.3, -0.25) is 9.78 Å². The number of anilines is 1. The monoisotopic (exact) mass is 331 g/mol. The molecule has 0 aliphatic heterocycles. The van der Waals surface area contributed by atoms with Gasteiger partial charge in [0.05, 0.1) is 27.9 Å². The molecule has 128 valence electrons. The van der Waals surface area contributed by atoms with Gasteiger partial charge in [-0.25, -0.2) is 0 Å². The molecule has 1 aromatic carbocycles. The molecule has 7 nitrogen and oxygen atoms in total. The van der Waals surface area contributed by atoms with Crippen molar-refractivity contribution in [2.45, 2.75) is 6.54 Å². The Morgan fingerprint density at radius 3 is 2.38 bits per heavy atom. The number of amides is 1. The normalized spacial score (nSPS) is 10.1. The lowest BCUT2D eigenvalue weighted by Gasteiger charge is -2.14. The van der Waals surface area contributed by atoms with Crippen molar-refractivity contribution in [2.75, 3.05) is 33.2 Å². The Morgan fingerprint density at radius 2 is 1.83 bits per heavy atom. The summed E-state index contributed by atoms with van der Waals surface area (Å²) in [5.41, 5.74) is 1.58. The Bertz CT molecular complexity index is 652. The molecule has 0 unspecified atom stereocenters. The van der Waals surface area contributed by atoms with Crippen LogP contribution in [0.5, 0.6) is 17.2 Å². The molecular formula is C17H21N3O4. The van der Waals surface area contributed by atoms with Crippen LogP contribution in [-0.4, -0.2) is 38.8 Å². The first kappa shape index (κ1) is 17.6. The number of hydrogen-bond donors (Lipinski definition) is 2. The summed E-state index contributed by atoms with van der Waals surface area (Å²) in [7, 11) is 4.58. The van der Waals surface area contributed by atoms with Crippen LogP contribution in [0.3, 0.4) is 0 Å². The third-order valence-electron chi connectivity index (χ3n) is 3.29. The fourth-order valence-corrected chi connectivity index (χ4v) is 2.18. The Kier molecular flexibility index (Phi) is 6.39. The van der Waals surface area contributed by atoms with Crippen LogP contribution < -0.4 is 24.8 Å². The summed E-state index contributed by atoms with van der Waals surface area (Å²) in [4.78, 5) is 16.1. The number of methoxy groups -OCH3 is 3. The first-order chi connectivity index (χ1) is 11.7. The van der Waals surface area contributed by atoms with Gasteiger partial charge < -0.3 is 24.8 Å². The van der Waals surface area contributed by atoms with E-state index in [-0.39, 0.29) is 12.5 Å². The first-order valence-electron chi connectivity index (χ1n) is 7.37. The van der Waals surface area contributed by atoms with Crippen molar-refractivity contribution in [2.24, 2.45) is 0 Å². The Labute approximate surface area is 140 Å². The molecule has 1 amide bonds. The summed E-state index contributed by atoms with van der Waals surface area (Å²) < 4.78 is 15.8. The van der Waals surface area contributed by atoms with Crippen molar-refractivity contribution >= 4 is 11.6 Å². The van der Waals surface area contributed by atoms with Crippen LogP contribution in [0.2, 0.25) is 0 Å². The quantitative estimate of drug-likeness (QED) is 0.768. The van der Waals surface area contributed by atoms with E-state index in [0.717, 1.165) is 5.56 Å². The van der Waals surface area contributed by atoms with Crippen molar-refractivity contribution in [1.82, 2.24) is 10.3 Å². The highest BCUT2D eigenvalue weighted by molar-refractivity contribution is 5.93. The fourth-order valence-electron chi connectivity index (χ4n) is 2.18. The molecule has 1 heterocycles. The topological polar surface area (TPSA) is 81.7 Å². The number of benzene rings is 1. The number of aromatic nitrogens is 1. The van der Waals surface area contributed by atoms with E-state index < -0.39 is 0 Å². The largest absolute Gasteiger partial charge is 0.493 e. The lowest BCUT2D eigenvalue weighted by atomic mass is 10.2. The maximum atomic E-state index is 12.1. The molecule has 0 saturated carbocycles. The van der Waals surface area contributed by atoms with Gasteiger partial charge in [0.1, 0.15) is 0 Å². The third kappa shape index (κ3) is 4.60. The van der Waals surface area contributed by atoms with E-state index in [1.54, 1.807) is 24.5 Å². The molecule has 0 fully saturated rings. The van der Waals surface area contributed by atoms with Crippen LogP contribution in [0, 0.1) is 0 Å². The SMILES string of the molecule is COc1cc(NC(=O)CNCc2cccnc2)cc(OC)c1OC. The van der Waals surface area contributed by atoms with Gasteiger partial charge in [0.25, 0.3) is 0 Å². The molecule has 0 aliphatic rings. The molecule has 1 aromatic heterocycles. The molecule has 0 aliphatic carbocycles. The number of pyridine rings is 1. The average Bonchev–Trinajstić information content (AvgIpc) is 2.61. The minimum Gasteiger partial charge on any atom is -0.493 e. The van der Waals surface area contributed by atoms with Crippen LogP contribution in [0.4, 0.5) is 5.69 Å². The van der Waals surface area contributed by atoms with Gasteiger partial charge in [0, 0.05) is 36.8 Å². The Balaban J connectivity index is 1.96. The summed E-state index contributed by atoms with van der Waals surface area (Å²) in [6.45, 7) is 0.738. The third-order valence-corrected chi connectivity index (χ3v) is 3.29. The zero-order chi connectivity index (χ0) is 17.4. The summed E-state index contributed by atoms with van der Waals surface area (Å²) in [6.07, 6.45) is 3.46. The van der Waals surface area contributed by atoms with Crippen LogP contribution in [-0.2, 0) is 11.3 Å². The molecule has 2 aromatic rings. The number of rotatable bonds is 8. The van der Waals surface area contributed by atoms with Crippen LogP contribution in [0.15, 0.2) is 36.7 Å². The summed E-state index contributed by atoms with van der Waals surface area (Å²) in [5.74, 6) is 1.27. The van der Waals surface area contributed by atoms with Crippen LogP contribution in [0.25, 0.3) is 0 Å². The van der Waals surface area contributed by atoms with Crippen molar-refractivity contribution in [3.63, 3.8) is 0 Å². The standard InChI is InChI=1S/C17H21N3O4/c1-22-14-7-13(8-15(23-2)17(14)24-3)20-16(21)11-19-10-12-5-4-6-18-9-12/h4-9,19H,10-11H2,1-3H3,(H,20,21). The highest BCUT2D eigenvalue weighted by Crippen LogP contribution is 2.39. The molecule has 2 N–H and O–H groups in total. The zero-order valence-corrected chi connectivity index (χ0v) is 14.0. The summed E-state index contributed by atoms with van der Waals surface area (Å²) >= 11 is 0. The zero-order valence-electron chi connectivity index (χ0n) is 14.0. The minimum atomic E-state index is -0.173. The van der Waals surface area contributed by atoms with Crippen molar-refractivity contribution < 1.29 is 19.0 Å². The highest BCUT2D eigenvalue weighted by Gasteiger charge is 2.14. The van der Waals surface area contributed by atoms with E-state index in [0.29, 0.717) is 29.5 Å². The molecule has 2 rings (SSSR count). The Morgan fingerprint density at radius 1 is 1.12 bits per heavy atom. The van der Waals surface area contributed by atoms with Gasteiger partial charge in [-0.15, -0.1) is 0 Å². The fraction of sp³-hybridized carbons (Fsp3) is 0.294. The smallest absolute Gasteiger partial charge is 0.238 e. The maximum Gasteiger partial charge on any atom is 0.238 e. The molecule has 0 bridgehead atoms. The van der Waals surface area contributed by atoms with E-state index in [4.69, 9.17) is 14.2 Å².